The van der Waals surface area contributed by atoms with Crippen LogP contribution in [-0.2, 0) is 16.1 Å². The Morgan fingerprint density at radius 3 is 2.48 bits per heavy atom. The third-order valence-electron chi connectivity index (χ3n) is 3.36. The maximum atomic E-state index is 12.3. The monoisotopic (exact) mass is 352 g/mol. The van der Waals surface area contributed by atoms with Crippen LogP contribution in [0.3, 0.4) is 0 Å². The van der Waals surface area contributed by atoms with Gasteiger partial charge in [-0.15, -0.1) is 12.4 Å². The highest BCUT2D eigenvalue weighted by Crippen LogP contribution is 2.23. The van der Waals surface area contributed by atoms with Crippen molar-refractivity contribution >= 4 is 41.5 Å². The smallest absolute Gasteiger partial charge is 0.251 e. The van der Waals surface area contributed by atoms with Crippen molar-refractivity contribution in [3.63, 3.8) is 0 Å². The molecule has 0 aliphatic carbocycles. The highest BCUT2D eigenvalue weighted by Gasteiger charge is 2.31. The summed E-state index contributed by atoms with van der Waals surface area (Å²) in [6.45, 7) is 0.906. The first-order chi connectivity index (χ1) is 9.49. The molecule has 4 nitrogen and oxygen atoms in total. The number of benzene rings is 1. The first-order valence-electron chi connectivity index (χ1n) is 6.55. The summed E-state index contributed by atoms with van der Waals surface area (Å²) < 4.78 is 5.61. The van der Waals surface area contributed by atoms with Gasteiger partial charge >= 0.3 is 0 Å². The highest BCUT2D eigenvalue weighted by molar-refractivity contribution is 6.34. The predicted molar refractivity (Wildman–Crippen MR) is 87.1 cm³/mol. The topological polar surface area (TPSA) is 55.6 Å². The van der Waals surface area contributed by atoms with E-state index in [4.69, 9.17) is 33.7 Å². The summed E-state index contributed by atoms with van der Waals surface area (Å²) in [4.78, 5) is 13.9. The number of carbonyl (C=O) groups is 1. The van der Waals surface area contributed by atoms with Crippen LogP contribution in [0.2, 0.25) is 10.0 Å². The van der Waals surface area contributed by atoms with Gasteiger partial charge in [0.1, 0.15) is 6.10 Å². The van der Waals surface area contributed by atoms with E-state index in [1.807, 2.05) is 0 Å². The molecule has 0 saturated carbocycles. The van der Waals surface area contributed by atoms with Gasteiger partial charge in [-0.3, -0.25) is 4.79 Å². The van der Waals surface area contributed by atoms with E-state index < -0.39 is 0 Å². The number of hydrogen-bond donors (Lipinski definition) is 1. The molecule has 1 aliphatic rings. The van der Waals surface area contributed by atoms with Crippen molar-refractivity contribution in [1.82, 2.24) is 4.90 Å². The Kier molecular flexibility index (Phi) is 7.24. The fourth-order valence-corrected chi connectivity index (χ4v) is 2.93. The average molecular weight is 354 g/mol. The molecule has 0 bridgehead atoms. The predicted octanol–water partition coefficient (Wildman–Crippen LogP) is 2.88. The van der Waals surface area contributed by atoms with Crippen LogP contribution in [0, 0.1) is 0 Å². The van der Waals surface area contributed by atoms with Gasteiger partial charge in [-0.25, -0.2) is 0 Å². The van der Waals surface area contributed by atoms with Crippen LogP contribution in [-0.4, -0.2) is 36.6 Å². The van der Waals surface area contributed by atoms with Gasteiger partial charge in [0.15, 0.2) is 0 Å². The third-order valence-corrected chi connectivity index (χ3v) is 3.80. The quantitative estimate of drug-likeness (QED) is 0.905. The van der Waals surface area contributed by atoms with Crippen molar-refractivity contribution in [2.24, 2.45) is 5.73 Å². The summed E-state index contributed by atoms with van der Waals surface area (Å²) in [7, 11) is 1.75. The first-order valence-corrected chi connectivity index (χ1v) is 7.30. The summed E-state index contributed by atoms with van der Waals surface area (Å²) >= 11 is 11.9. The zero-order valence-corrected chi connectivity index (χ0v) is 14.0. The molecule has 1 aromatic carbocycles. The summed E-state index contributed by atoms with van der Waals surface area (Å²) in [6.07, 6.45) is 1.17. The number of nitrogens with two attached hydrogens (primary N) is 1. The van der Waals surface area contributed by atoms with Gasteiger partial charge in [0.2, 0.25) is 0 Å². The van der Waals surface area contributed by atoms with Crippen LogP contribution >= 0.6 is 35.6 Å². The van der Waals surface area contributed by atoms with Gasteiger partial charge in [0.05, 0.1) is 6.10 Å². The molecule has 0 spiro atoms. The highest BCUT2D eigenvalue weighted by atomic mass is 35.5. The summed E-state index contributed by atoms with van der Waals surface area (Å²) in [5.74, 6) is -0.0305. The Morgan fingerprint density at radius 1 is 1.33 bits per heavy atom. The van der Waals surface area contributed by atoms with E-state index in [9.17, 15) is 4.79 Å². The standard InChI is InChI=1S/C14H18Cl2N2O2.ClH/c1-18(8-9-4-10(15)6-11(16)5-9)14(19)13-3-2-12(7-17)20-13;/h4-6,12-13H,2-3,7-8,17H2,1H3;1H/t12-,13+;/m1./s1. The Bertz CT molecular complexity index is 479. The lowest BCUT2D eigenvalue weighted by Gasteiger charge is -2.21. The van der Waals surface area contributed by atoms with Crippen LogP contribution in [0.25, 0.3) is 0 Å². The lowest BCUT2D eigenvalue weighted by Crippen LogP contribution is -2.36. The van der Waals surface area contributed by atoms with Crippen LogP contribution < -0.4 is 5.73 Å². The summed E-state index contributed by atoms with van der Waals surface area (Å²) in [5.41, 5.74) is 6.45. The number of nitrogens with zero attached hydrogens (tertiary/aromatic N) is 1. The normalized spacial score (nSPS) is 21.0. The summed E-state index contributed by atoms with van der Waals surface area (Å²) in [5, 5.41) is 1.13. The number of amides is 1. The number of halogens is 3. The number of rotatable bonds is 4. The molecule has 0 radical (unpaired) electrons. The molecule has 21 heavy (non-hydrogen) atoms. The molecule has 1 aromatic rings. The van der Waals surface area contributed by atoms with E-state index in [-0.39, 0.29) is 30.5 Å². The molecule has 2 rings (SSSR count). The maximum Gasteiger partial charge on any atom is 0.251 e. The minimum atomic E-state index is -0.386. The van der Waals surface area contributed by atoms with Crippen LogP contribution in [0.15, 0.2) is 18.2 Å². The van der Waals surface area contributed by atoms with Gasteiger partial charge in [0, 0.05) is 30.2 Å². The Hall–Kier alpha value is -0.520. The molecule has 1 fully saturated rings. The van der Waals surface area contributed by atoms with E-state index >= 15 is 0 Å². The maximum absolute atomic E-state index is 12.3. The number of ether oxygens (including phenoxy) is 1. The molecule has 1 heterocycles. The van der Waals surface area contributed by atoms with E-state index in [0.717, 1.165) is 18.4 Å². The minimum Gasteiger partial charge on any atom is -0.364 e. The molecule has 1 amide bonds. The van der Waals surface area contributed by atoms with Crippen LogP contribution in [0.5, 0.6) is 0 Å². The zero-order valence-electron chi connectivity index (χ0n) is 11.7. The summed E-state index contributed by atoms with van der Waals surface area (Å²) in [6, 6.07) is 5.27. The SMILES string of the molecule is CN(Cc1cc(Cl)cc(Cl)c1)C(=O)[C@@H]1CC[C@H](CN)O1.Cl. The zero-order chi connectivity index (χ0) is 14.7. The molecular weight excluding hydrogens is 335 g/mol. The minimum absolute atomic E-state index is 0. The van der Waals surface area contributed by atoms with Crippen LogP contribution in [0.4, 0.5) is 0 Å². The Balaban J connectivity index is 0.00000220. The van der Waals surface area contributed by atoms with Gasteiger partial charge in [-0.1, -0.05) is 23.2 Å². The largest absolute Gasteiger partial charge is 0.364 e. The average Bonchev–Trinajstić information content (AvgIpc) is 2.85. The molecular formula is C14H19Cl3N2O2. The molecule has 2 atom stereocenters. The van der Waals surface area contributed by atoms with E-state index in [0.29, 0.717) is 23.1 Å². The number of likely N-dealkylation sites (N-methyl/N-ethyl adjacent to an activating group) is 1. The Labute approximate surface area is 140 Å². The molecule has 118 valence electrons. The van der Waals surface area contributed by atoms with Crippen molar-refractivity contribution in [2.45, 2.75) is 31.6 Å². The number of hydrogen-bond acceptors (Lipinski definition) is 3. The number of carbonyl (C=O) groups excluding carboxylic acids is 1. The van der Waals surface area contributed by atoms with Crippen LogP contribution in [0.1, 0.15) is 18.4 Å². The molecule has 0 unspecified atom stereocenters. The Morgan fingerprint density at radius 2 is 1.95 bits per heavy atom. The van der Waals surface area contributed by atoms with Crippen molar-refractivity contribution in [3.05, 3.63) is 33.8 Å². The fourth-order valence-electron chi connectivity index (χ4n) is 2.36. The second kappa shape index (κ2) is 8.20. The molecule has 7 heteroatoms. The lowest BCUT2D eigenvalue weighted by molar-refractivity contribution is -0.141. The lowest BCUT2D eigenvalue weighted by atomic mass is 10.1. The second-order valence-electron chi connectivity index (χ2n) is 5.03. The van der Waals surface area contributed by atoms with Crippen molar-refractivity contribution in [2.75, 3.05) is 13.6 Å². The molecule has 1 aliphatic heterocycles. The van der Waals surface area contributed by atoms with Crippen molar-refractivity contribution in [1.29, 1.82) is 0 Å². The van der Waals surface area contributed by atoms with Gasteiger partial charge in [-0.05, 0) is 36.6 Å². The van der Waals surface area contributed by atoms with Gasteiger partial charge in [0.25, 0.3) is 5.91 Å². The molecule has 1 saturated heterocycles. The van der Waals surface area contributed by atoms with Crippen molar-refractivity contribution in [3.8, 4) is 0 Å². The molecule has 2 N–H and O–H groups in total. The van der Waals surface area contributed by atoms with E-state index in [1.165, 1.54) is 0 Å². The molecule has 0 aromatic heterocycles. The van der Waals surface area contributed by atoms with Crippen molar-refractivity contribution < 1.29 is 9.53 Å². The first kappa shape index (κ1) is 18.5. The second-order valence-corrected chi connectivity index (χ2v) is 5.90. The van der Waals surface area contributed by atoms with E-state index in [2.05, 4.69) is 0 Å². The van der Waals surface area contributed by atoms with E-state index in [1.54, 1.807) is 30.1 Å². The fraction of sp³-hybridized carbons (Fsp3) is 0.500. The third kappa shape index (κ3) is 5.01. The van der Waals surface area contributed by atoms with Gasteiger partial charge < -0.3 is 15.4 Å². The van der Waals surface area contributed by atoms with Gasteiger partial charge in [-0.2, -0.15) is 0 Å².